The number of hydrogen-bond acceptors (Lipinski definition) is 5. The van der Waals surface area contributed by atoms with Crippen molar-refractivity contribution in [2.75, 3.05) is 13.0 Å². The SMILES string of the molecule is COc1cc2c(cc1C(=O)C=Cc1ccc(O)cc1)SCO2. The van der Waals surface area contributed by atoms with Crippen molar-refractivity contribution >= 4 is 23.6 Å². The Morgan fingerprint density at radius 3 is 2.82 bits per heavy atom. The zero-order valence-corrected chi connectivity index (χ0v) is 12.7. The van der Waals surface area contributed by atoms with Gasteiger partial charge in [-0.1, -0.05) is 30.0 Å². The number of rotatable bonds is 4. The van der Waals surface area contributed by atoms with Crippen LogP contribution in [-0.4, -0.2) is 23.9 Å². The third kappa shape index (κ3) is 2.94. The quantitative estimate of drug-likeness (QED) is 0.688. The first kappa shape index (κ1) is 14.5. The highest BCUT2D eigenvalue weighted by molar-refractivity contribution is 7.99. The molecule has 3 rings (SSSR count). The van der Waals surface area contributed by atoms with Crippen molar-refractivity contribution in [1.29, 1.82) is 0 Å². The average Bonchev–Trinajstić information content (AvgIpc) is 3.00. The van der Waals surface area contributed by atoms with Gasteiger partial charge >= 0.3 is 0 Å². The van der Waals surface area contributed by atoms with Crippen LogP contribution in [0.5, 0.6) is 17.2 Å². The Labute approximate surface area is 132 Å². The molecule has 0 bridgehead atoms. The average molecular weight is 314 g/mol. The number of hydrogen-bond donors (Lipinski definition) is 1. The first-order valence-corrected chi connectivity index (χ1v) is 7.65. The molecule has 0 saturated carbocycles. The fourth-order valence-electron chi connectivity index (χ4n) is 2.13. The standard InChI is InChI=1S/C17H14O4S/c1-20-15-9-16-17(22-10-21-16)8-13(15)14(19)7-4-11-2-5-12(18)6-3-11/h2-9,18H,10H2,1H3. The maximum Gasteiger partial charge on any atom is 0.189 e. The molecule has 4 nitrogen and oxygen atoms in total. The van der Waals surface area contributed by atoms with E-state index in [4.69, 9.17) is 9.47 Å². The Bertz CT molecular complexity index is 735. The Morgan fingerprint density at radius 1 is 1.32 bits per heavy atom. The molecule has 22 heavy (non-hydrogen) atoms. The van der Waals surface area contributed by atoms with Gasteiger partial charge in [0.15, 0.2) is 5.78 Å². The predicted octanol–water partition coefficient (Wildman–Crippen LogP) is 3.74. The van der Waals surface area contributed by atoms with Gasteiger partial charge in [-0.2, -0.15) is 0 Å². The zero-order chi connectivity index (χ0) is 15.5. The fourth-order valence-corrected chi connectivity index (χ4v) is 2.91. The summed E-state index contributed by atoms with van der Waals surface area (Å²) >= 11 is 1.55. The van der Waals surface area contributed by atoms with Crippen LogP contribution < -0.4 is 9.47 Å². The number of carbonyl (C=O) groups is 1. The molecule has 0 fully saturated rings. The molecule has 0 atom stereocenters. The van der Waals surface area contributed by atoms with Gasteiger partial charge in [-0.3, -0.25) is 4.79 Å². The molecule has 1 aliphatic rings. The van der Waals surface area contributed by atoms with Gasteiger partial charge in [-0.25, -0.2) is 0 Å². The van der Waals surface area contributed by atoms with E-state index in [1.807, 2.05) is 0 Å². The van der Waals surface area contributed by atoms with Crippen LogP contribution >= 0.6 is 11.8 Å². The van der Waals surface area contributed by atoms with Gasteiger partial charge in [0.05, 0.1) is 17.6 Å². The smallest absolute Gasteiger partial charge is 0.189 e. The molecule has 0 radical (unpaired) electrons. The van der Waals surface area contributed by atoms with Gasteiger partial charge in [0.25, 0.3) is 0 Å². The molecular formula is C17H14O4S. The van der Waals surface area contributed by atoms with Crippen LogP contribution in [0.4, 0.5) is 0 Å². The monoisotopic (exact) mass is 314 g/mol. The molecule has 0 unspecified atom stereocenters. The Kier molecular flexibility index (Phi) is 4.06. The number of fused-ring (bicyclic) bond motifs is 1. The minimum Gasteiger partial charge on any atom is -0.508 e. The first-order chi connectivity index (χ1) is 10.7. The second-order valence-corrected chi connectivity index (χ2v) is 5.66. The molecule has 2 aromatic rings. The zero-order valence-electron chi connectivity index (χ0n) is 11.9. The second-order valence-electron chi connectivity index (χ2n) is 4.69. The number of phenolic OH excluding ortho intramolecular Hbond substituents is 1. The number of phenols is 1. The van der Waals surface area contributed by atoms with E-state index in [0.717, 1.165) is 16.2 Å². The lowest BCUT2D eigenvalue weighted by atomic mass is 10.1. The number of allylic oxidation sites excluding steroid dienone is 1. The van der Waals surface area contributed by atoms with E-state index >= 15 is 0 Å². The van der Waals surface area contributed by atoms with E-state index in [1.165, 1.54) is 13.2 Å². The van der Waals surface area contributed by atoms with Crippen LogP contribution in [0.1, 0.15) is 15.9 Å². The number of thioether (sulfide) groups is 1. The molecule has 0 spiro atoms. The number of benzene rings is 2. The third-order valence-electron chi connectivity index (χ3n) is 3.28. The molecule has 1 aliphatic heterocycles. The van der Waals surface area contributed by atoms with Crippen LogP contribution in [0.25, 0.3) is 6.08 Å². The highest BCUT2D eigenvalue weighted by atomic mass is 32.2. The topological polar surface area (TPSA) is 55.8 Å². The number of aromatic hydroxyl groups is 1. The van der Waals surface area contributed by atoms with E-state index in [9.17, 15) is 9.90 Å². The molecule has 0 amide bonds. The summed E-state index contributed by atoms with van der Waals surface area (Å²) in [4.78, 5) is 13.3. The van der Waals surface area contributed by atoms with Crippen molar-refractivity contribution < 1.29 is 19.4 Å². The van der Waals surface area contributed by atoms with Gasteiger partial charge in [0.2, 0.25) is 0 Å². The van der Waals surface area contributed by atoms with Crippen LogP contribution in [0.3, 0.4) is 0 Å². The molecular weight excluding hydrogens is 300 g/mol. The Hall–Kier alpha value is -2.40. The highest BCUT2D eigenvalue weighted by Crippen LogP contribution is 2.40. The van der Waals surface area contributed by atoms with E-state index in [0.29, 0.717) is 17.3 Å². The van der Waals surface area contributed by atoms with Gasteiger partial charge in [-0.05, 0) is 29.8 Å². The summed E-state index contributed by atoms with van der Waals surface area (Å²) in [6, 6.07) is 10.2. The molecule has 5 heteroatoms. The summed E-state index contributed by atoms with van der Waals surface area (Å²) in [6.07, 6.45) is 3.20. The van der Waals surface area contributed by atoms with Gasteiger partial charge in [-0.15, -0.1) is 0 Å². The van der Waals surface area contributed by atoms with Gasteiger partial charge in [0, 0.05) is 6.07 Å². The lowest BCUT2D eigenvalue weighted by Gasteiger charge is -2.08. The first-order valence-electron chi connectivity index (χ1n) is 6.66. The van der Waals surface area contributed by atoms with E-state index in [1.54, 1.807) is 54.2 Å². The maximum atomic E-state index is 12.4. The maximum absolute atomic E-state index is 12.4. The van der Waals surface area contributed by atoms with Crippen molar-refractivity contribution in [3.05, 3.63) is 53.6 Å². The van der Waals surface area contributed by atoms with E-state index < -0.39 is 0 Å². The summed E-state index contributed by atoms with van der Waals surface area (Å²) < 4.78 is 10.7. The van der Waals surface area contributed by atoms with Crippen molar-refractivity contribution in [2.24, 2.45) is 0 Å². The fraction of sp³-hybridized carbons (Fsp3) is 0.118. The summed E-state index contributed by atoms with van der Waals surface area (Å²) in [5.74, 6) is 1.86. The minimum atomic E-state index is -0.139. The van der Waals surface area contributed by atoms with Gasteiger partial charge < -0.3 is 14.6 Å². The van der Waals surface area contributed by atoms with Crippen molar-refractivity contribution in [2.45, 2.75) is 4.90 Å². The number of carbonyl (C=O) groups excluding carboxylic acids is 1. The number of methoxy groups -OCH3 is 1. The summed E-state index contributed by atoms with van der Waals surface area (Å²) in [5, 5.41) is 9.25. The van der Waals surface area contributed by atoms with Crippen molar-refractivity contribution in [1.82, 2.24) is 0 Å². The third-order valence-corrected chi connectivity index (χ3v) is 4.15. The number of ether oxygens (including phenoxy) is 2. The normalized spacial score (nSPS) is 13.0. The molecule has 0 aliphatic carbocycles. The summed E-state index contributed by atoms with van der Waals surface area (Å²) in [6.45, 7) is 0. The van der Waals surface area contributed by atoms with Crippen LogP contribution in [0.15, 0.2) is 47.4 Å². The predicted molar refractivity (Wildman–Crippen MR) is 85.8 cm³/mol. The molecule has 0 aromatic heterocycles. The van der Waals surface area contributed by atoms with E-state index in [-0.39, 0.29) is 11.5 Å². The molecule has 1 N–H and O–H groups in total. The van der Waals surface area contributed by atoms with Crippen LogP contribution in [0.2, 0.25) is 0 Å². The molecule has 112 valence electrons. The van der Waals surface area contributed by atoms with Gasteiger partial charge in [0.1, 0.15) is 23.2 Å². The second kappa shape index (κ2) is 6.15. The van der Waals surface area contributed by atoms with Crippen LogP contribution in [0, 0.1) is 0 Å². The van der Waals surface area contributed by atoms with E-state index in [2.05, 4.69) is 0 Å². The minimum absolute atomic E-state index is 0.139. The lowest BCUT2D eigenvalue weighted by molar-refractivity contribution is 0.104. The molecule has 2 aromatic carbocycles. The van der Waals surface area contributed by atoms with Crippen molar-refractivity contribution in [3.63, 3.8) is 0 Å². The lowest BCUT2D eigenvalue weighted by Crippen LogP contribution is -1.99. The largest absolute Gasteiger partial charge is 0.508 e. The number of ketones is 1. The van der Waals surface area contributed by atoms with Crippen molar-refractivity contribution in [3.8, 4) is 17.2 Å². The molecule has 0 saturated heterocycles. The highest BCUT2D eigenvalue weighted by Gasteiger charge is 2.19. The summed E-state index contributed by atoms with van der Waals surface area (Å²) in [7, 11) is 1.53. The molecule has 1 heterocycles. The Balaban J connectivity index is 1.87. The summed E-state index contributed by atoms with van der Waals surface area (Å²) in [5.41, 5.74) is 1.35. The van der Waals surface area contributed by atoms with Crippen LogP contribution in [-0.2, 0) is 0 Å². The Morgan fingerprint density at radius 2 is 2.09 bits per heavy atom.